The first-order valence-corrected chi connectivity index (χ1v) is 8.85. The summed E-state index contributed by atoms with van der Waals surface area (Å²) in [5, 5.41) is 15.1. The Morgan fingerprint density at radius 2 is 1.62 bits per heavy atom. The van der Waals surface area contributed by atoms with Gasteiger partial charge < -0.3 is 5.11 Å². The summed E-state index contributed by atoms with van der Waals surface area (Å²) in [6.45, 7) is 2.11. The van der Waals surface area contributed by atoms with Crippen LogP contribution in [-0.2, 0) is 6.54 Å². The third kappa shape index (κ3) is 2.96. The molecule has 3 aromatic rings. The number of benzene rings is 2. The van der Waals surface area contributed by atoms with Gasteiger partial charge in [0.05, 0.1) is 28.9 Å². The van der Waals surface area contributed by atoms with Crippen molar-refractivity contribution in [2.24, 2.45) is 0 Å². The second-order valence-electron chi connectivity index (χ2n) is 6.27. The highest BCUT2D eigenvalue weighted by Gasteiger charge is 2.28. The van der Waals surface area contributed by atoms with Gasteiger partial charge in [0, 0.05) is 11.1 Å². The molecule has 1 aliphatic heterocycles. The Labute approximate surface area is 156 Å². The van der Waals surface area contributed by atoms with Gasteiger partial charge in [-0.15, -0.1) is 0 Å². The summed E-state index contributed by atoms with van der Waals surface area (Å²) >= 11 is 6.81. The SMILES string of the molecule is CC(O)Cn1nc(-c2ccccc2)c2c1NNC(c1ccccc1)=C2Cl. The van der Waals surface area contributed by atoms with Crippen molar-refractivity contribution >= 4 is 28.1 Å². The maximum atomic E-state index is 9.83. The molecule has 0 radical (unpaired) electrons. The average molecular weight is 367 g/mol. The lowest BCUT2D eigenvalue weighted by atomic mass is 10.0. The van der Waals surface area contributed by atoms with E-state index in [2.05, 4.69) is 10.9 Å². The Morgan fingerprint density at radius 1 is 1.00 bits per heavy atom. The normalized spacial score (nSPS) is 14.4. The zero-order valence-electron chi connectivity index (χ0n) is 14.3. The largest absolute Gasteiger partial charge is 0.391 e. The van der Waals surface area contributed by atoms with E-state index in [1.54, 1.807) is 11.6 Å². The van der Waals surface area contributed by atoms with Gasteiger partial charge in [0.2, 0.25) is 0 Å². The molecule has 0 saturated heterocycles. The average Bonchev–Trinajstić information content (AvgIpc) is 3.02. The van der Waals surface area contributed by atoms with Crippen LogP contribution in [0.25, 0.3) is 22.0 Å². The fourth-order valence-corrected chi connectivity index (χ4v) is 3.42. The van der Waals surface area contributed by atoms with Gasteiger partial charge in [0.25, 0.3) is 0 Å². The second kappa shape index (κ2) is 6.86. The minimum absolute atomic E-state index is 0.370. The van der Waals surface area contributed by atoms with Crippen LogP contribution in [0.2, 0.25) is 0 Å². The number of hydrogen-bond donors (Lipinski definition) is 3. The standard InChI is InChI=1S/C20H19ClN4O/c1-13(26)12-25-20-16(18(24-25)14-8-4-2-5-9-14)17(21)19(22-23-20)15-10-6-3-7-11-15/h2-11,13,22-23,26H,12H2,1H3. The number of aliphatic hydroxyl groups excluding tert-OH is 1. The molecule has 0 saturated carbocycles. The third-order valence-electron chi connectivity index (χ3n) is 4.24. The fraction of sp³-hybridized carbons (Fsp3) is 0.150. The first-order valence-electron chi connectivity index (χ1n) is 8.47. The monoisotopic (exact) mass is 366 g/mol. The Morgan fingerprint density at radius 3 is 2.23 bits per heavy atom. The molecule has 1 aromatic heterocycles. The fourth-order valence-electron chi connectivity index (χ4n) is 3.08. The Balaban J connectivity index is 1.91. The molecule has 132 valence electrons. The van der Waals surface area contributed by atoms with E-state index in [0.717, 1.165) is 33.9 Å². The van der Waals surface area contributed by atoms with E-state index in [1.165, 1.54) is 0 Å². The van der Waals surface area contributed by atoms with E-state index in [9.17, 15) is 5.11 Å². The summed E-state index contributed by atoms with van der Waals surface area (Å²) < 4.78 is 1.75. The molecule has 1 atom stereocenters. The van der Waals surface area contributed by atoms with E-state index in [0.29, 0.717) is 11.6 Å². The van der Waals surface area contributed by atoms with Crippen LogP contribution >= 0.6 is 11.6 Å². The van der Waals surface area contributed by atoms with Crippen molar-refractivity contribution in [1.82, 2.24) is 15.2 Å². The summed E-state index contributed by atoms with van der Waals surface area (Å²) in [6, 6.07) is 19.8. The van der Waals surface area contributed by atoms with Crippen LogP contribution < -0.4 is 10.9 Å². The molecular formula is C20H19ClN4O. The molecule has 1 aliphatic rings. The molecule has 6 heteroatoms. The first-order chi connectivity index (χ1) is 12.6. The van der Waals surface area contributed by atoms with Gasteiger partial charge in [0.1, 0.15) is 5.69 Å². The number of hydrazine groups is 1. The highest BCUT2D eigenvalue weighted by atomic mass is 35.5. The van der Waals surface area contributed by atoms with E-state index >= 15 is 0 Å². The molecule has 0 amide bonds. The Hall–Kier alpha value is -2.76. The van der Waals surface area contributed by atoms with Crippen molar-refractivity contribution < 1.29 is 5.11 Å². The van der Waals surface area contributed by atoms with Crippen LogP contribution in [-0.4, -0.2) is 21.0 Å². The van der Waals surface area contributed by atoms with Crippen LogP contribution in [0.15, 0.2) is 60.7 Å². The van der Waals surface area contributed by atoms with Crippen LogP contribution in [0.5, 0.6) is 0 Å². The molecule has 0 spiro atoms. The van der Waals surface area contributed by atoms with Gasteiger partial charge in [-0.1, -0.05) is 72.3 Å². The molecule has 3 N–H and O–H groups in total. The highest BCUT2D eigenvalue weighted by molar-refractivity contribution is 6.53. The van der Waals surface area contributed by atoms with Crippen molar-refractivity contribution in [3.63, 3.8) is 0 Å². The Bertz CT molecular complexity index is 949. The molecule has 0 aliphatic carbocycles. The lowest BCUT2D eigenvalue weighted by Gasteiger charge is -2.23. The number of fused-ring (bicyclic) bond motifs is 1. The number of aromatic nitrogens is 2. The molecule has 5 nitrogen and oxygen atoms in total. The molecule has 0 bridgehead atoms. The Kier molecular flexibility index (Phi) is 4.41. The number of nitrogens with zero attached hydrogens (tertiary/aromatic N) is 2. The molecule has 26 heavy (non-hydrogen) atoms. The number of hydrogen-bond acceptors (Lipinski definition) is 4. The summed E-state index contributed by atoms with van der Waals surface area (Å²) in [5.74, 6) is 0.745. The number of halogens is 1. The molecule has 1 unspecified atom stereocenters. The van der Waals surface area contributed by atoms with E-state index in [4.69, 9.17) is 16.7 Å². The molecule has 2 aromatic carbocycles. The predicted molar refractivity (Wildman–Crippen MR) is 105 cm³/mol. The van der Waals surface area contributed by atoms with Crippen molar-refractivity contribution in [2.45, 2.75) is 19.6 Å². The summed E-state index contributed by atoms with van der Waals surface area (Å²) in [4.78, 5) is 0. The van der Waals surface area contributed by atoms with Gasteiger partial charge in [-0.3, -0.25) is 10.9 Å². The summed E-state index contributed by atoms with van der Waals surface area (Å²) in [6.07, 6.45) is -0.525. The van der Waals surface area contributed by atoms with Crippen molar-refractivity contribution in [3.8, 4) is 11.3 Å². The van der Waals surface area contributed by atoms with E-state index in [1.807, 2.05) is 60.7 Å². The number of nitrogens with one attached hydrogen (secondary N) is 2. The highest BCUT2D eigenvalue weighted by Crippen LogP contribution is 2.41. The summed E-state index contributed by atoms with van der Waals surface area (Å²) in [5.41, 5.74) is 10.8. The van der Waals surface area contributed by atoms with Gasteiger partial charge in [0.15, 0.2) is 5.82 Å². The van der Waals surface area contributed by atoms with Gasteiger partial charge >= 0.3 is 0 Å². The van der Waals surface area contributed by atoms with Crippen LogP contribution in [0.1, 0.15) is 18.1 Å². The maximum absolute atomic E-state index is 9.83. The molecule has 4 rings (SSSR count). The smallest absolute Gasteiger partial charge is 0.152 e. The lowest BCUT2D eigenvalue weighted by molar-refractivity contribution is 0.169. The van der Waals surface area contributed by atoms with Gasteiger partial charge in [-0.05, 0) is 6.92 Å². The van der Waals surface area contributed by atoms with Gasteiger partial charge in [-0.25, -0.2) is 4.68 Å². The van der Waals surface area contributed by atoms with Crippen molar-refractivity contribution in [3.05, 3.63) is 71.8 Å². The topological polar surface area (TPSA) is 62.1 Å². The van der Waals surface area contributed by atoms with E-state index < -0.39 is 6.10 Å². The van der Waals surface area contributed by atoms with Crippen molar-refractivity contribution in [1.29, 1.82) is 0 Å². The third-order valence-corrected chi connectivity index (χ3v) is 4.62. The molecule has 0 fully saturated rings. The van der Waals surface area contributed by atoms with Crippen LogP contribution in [0, 0.1) is 0 Å². The van der Waals surface area contributed by atoms with Crippen molar-refractivity contribution in [2.75, 3.05) is 5.43 Å². The molecule has 2 heterocycles. The zero-order valence-corrected chi connectivity index (χ0v) is 15.0. The van der Waals surface area contributed by atoms with Crippen LogP contribution in [0.4, 0.5) is 5.82 Å². The summed E-state index contributed by atoms with van der Waals surface area (Å²) in [7, 11) is 0. The minimum atomic E-state index is -0.525. The maximum Gasteiger partial charge on any atom is 0.152 e. The molecular weight excluding hydrogens is 348 g/mol. The minimum Gasteiger partial charge on any atom is -0.391 e. The van der Waals surface area contributed by atoms with E-state index in [-0.39, 0.29) is 0 Å². The first kappa shape index (κ1) is 16.7. The second-order valence-corrected chi connectivity index (χ2v) is 6.65. The zero-order chi connectivity index (χ0) is 18.1. The van der Waals surface area contributed by atoms with Crippen LogP contribution in [0.3, 0.4) is 0 Å². The predicted octanol–water partition coefficient (Wildman–Crippen LogP) is 3.93. The lowest BCUT2D eigenvalue weighted by Crippen LogP contribution is -2.27. The number of rotatable bonds is 4. The van der Waals surface area contributed by atoms with Gasteiger partial charge in [-0.2, -0.15) is 5.10 Å². The quantitative estimate of drug-likeness (QED) is 0.654. The number of aliphatic hydroxyl groups is 1. The number of anilines is 1.